The Morgan fingerprint density at radius 3 is 2.39 bits per heavy atom. The standard InChI is InChI=1S/C22H27FN2O2S/c1-4-24-22(27)17(3)25(13-18-10-7-8-12-20(18)23)21(26)15-28-14-19-11-6-5-9-16(19)2/h5-12,17H,4,13-15H2,1-3H3,(H,24,27)/t17-/m1/s1. The Morgan fingerprint density at radius 1 is 1.11 bits per heavy atom. The van der Waals surface area contributed by atoms with E-state index >= 15 is 0 Å². The Hall–Kier alpha value is -2.34. The molecule has 2 amide bonds. The van der Waals surface area contributed by atoms with E-state index in [9.17, 15) is 14.0 Å². The zero-order valence-electron chi connectivity index (χ0n) is 16.6. The summed E-state index contributed by atoms with van der Waals surface area (Å²) < 4.78 is 14.1. The van der Waals surface area contributed by atoms with E-state index in [1.807, 2.05) is 38.1 Å². The number of thioether (sulfide) groups is 1. The Balaban J connectivity index is 2.08. The number of nitrogens with zero attached hydrogens (tertiary/aromatic N) is 1. The van der Waals surface area contributed by atoms with Gasteiger partial charge in [0.25, 0.3) is 0 Å². The van der Waals surface area contributed by atoms with Gasteiger partial charge in [-0.05, 0) is 38.0 Å². The average molecular weight is 403 g/mol. The van der Waals surface area contributed by atoms with Gasteiger partial charge in [0.05, 0.1) is 5.75 Å². The number of hydrogen-bond donors (Lipinski definition) is 1. The van der Waals surface area contributed by atoms with Gasteiger partial charge in [-0.25, -0.2) is 4.39 Å². The molecule has 2 rings (SSSR count). The van der Waals surface area contributed by atoms with Gasteiger partial charge >= 0.3 is 0 Å². The molecule has 2 aromatic carbocycles. The molecule has 0 heterocycles. The Morgan fingerprint density at radius 2 is 1.75 bits per heavy atom. The van der Waals surface area contributed by atoms with Crippen LogP contribution in [0.4, 0.5) is 4.39 Å². The maximum Gasteiger partial charge on any atom is 0.242 e. The van der Waals surface area contributed by atoms with Crippen molar-refractivity contribution in [2.45, 2.75) is 39.1 Å². The lowest BCUT2D eigenvalue weighted by Crippen LogP contribution is -2.48. The first-order valence-electron chi connectivity index (χ1n) is 9.36. The molecule has 0 saturated carbocycles. The van der Waals surface area contributed by atoms with Crippen LogP contribution in [0.25, 0.3) is 0 Å². The third kappa shape index (κ3) is 6.09. The van der Waals surface area contributed by atoms with Gasteiger partial charge < -0.3 is 10.2 Å². The monoisotopic (exact) mass is 402 g/mol. The van der Waals surface area contributed by atoms with Crippen LogP contribution < -0.4 is 5.32 Å². The normalized spacial score (nSPS) is 11.7. The highest BCUT2D eigenvalue weighted by Crippen LogP contribution is 2.19. The number of halogens is 1. The molecule has 0 aliphatic carbocycles. The molecule has 1 atom stereocenters. The van der Waals surface area contributed by atoms with Crippen LogP contribution in [-0.4, -0.2) is 35.1 Å². The van der Waals surface area contributed by atoms with Crippen LogP contribution in [0, 0.1) is 12.7 Å². The van der Waals surface area contributed by atoms with Gasteiger partial charge in [0, 0.05) is 24.4 Å². The fourth-order valence-electron chi connectivity index (χ4n) is 2.82. The fraction of sp³-hybridized carbons (Fsp3) is 0.364. The number of aryl methyl sites for hydroxylation is 1. The van der Waals surface area contributed by atoms with Crippen LogP contribution in [0.15, 0.2) is 48.5 Å². The number of carbonyl (C=O) groups is 2. The lowest BCUT2D eigenvalue weighted by atomic mass is 10.1. The molecule has 0 spiro atoms. The van der Waals surface area contributed by atoms with E-state index in [1.165, 1.54) is 33.9 Å². The minimum atomic E-state index is -0.675. The molecule has 0 aliphatic rings. The number of amides is 2. The Bertz CT molecular complexity index is 813. The summed E-state index contributed by atoms with van der Waals surface area (Å²) in [5, 5.41) is 2.74. The molecule has 4 nitrogen and oxygen atoms in total. The van der Waals surface area contributed by atoms with Crippen LogP contribution in [0.2, 0.25) is 0 Å². The summed E-state index contributed by atoms with van der Waals surface area (Å²) in [6.45, 7) is 6.09. The molecule has 6 heteroatoms. The zero-order chi connectivity index (χ0) is 20.5. The molecule has 0 unspecified atom stereocenters. The Labute approximate surface area is 170 Å². The lowest BCUT2D eigenvalue weighted by molar-refractivity contribution is -0.138. The molecule has 0 aromatic heterocycles. The predicted octanol–water partition coefficient (Wildman–Crippen LogP) is 3.92. The van der Waals surface area contributed by atoms with Crippen LogP contribution in [0.1, 0.15) is 30.5 Å². The van der Waals surface area contributed by atoms with Crippen LogP contribution in [-0.2, 0) is 21.9 Å². The first-order chi connectivity index (χ1) is 13.4. The molecule has 0 radical (unpaired) electrons. The molecule has 0 aliphatic heterocycles. The number of nitrogens with one attached hydrogen (secondary N) is 1. The smallest absolute Gasteiger partial charge is 0.242 e. The van der Waals surface area contributed by atoms with E-state index in [2.05, 4.69) is 5.32 Å². The maximum absolute atomic E-state index is 14.1. The second kappa shape index (κ2) is 10.9. The summed E-state index contributed by atoms with van der Waals surface area (Å²) >= 11 is 1.50. The molecular formula is C22H27FN2O2S. The van der Waals surface area contributed by atoms with E-state index in [0.29, 0.717) is 17.9 Å². The van der Waals surface area contributed by atoms with E-state index in [4.69, 9.17) is 0 Å². The lowest BCUT2D eigenvalue weighted by Gasteiger charge is -2.28. The number of hydrogen-bond acceptors (Lipinski definition) is 3. The van der Waals surface area contributed by atoms with Gasteiger partial charge in [0.2, 0.25) is 11.8 Å². The fourth-order valence-corrected chi connectivity index (χ4v) is 3.80. The largest absolute Gasteiger partial charge is 0.355 e. The average Bonchev–Trinajstić information content (AvgIpc) is 2.68. The SMILES string of the molecule is CCNC(=O)[C@@H](C)N(Cc1ccccc1F)C(=O)CSCc1ccccc1C. The quantitative estimate of drug-likeness (QED) is 0.692. The number of rotatable bonds is 9. The summed E-state index contributed by atoms with van der Waals surface area (Å²) in [5.74, 6) is 0.140. The van der Waals surface area contributed by atoms with Crippen molar-refractivity contribution < 1.29 is 14.0 Å². The van der Waals surface area contributed by atoms with Crippen molar-refractivity contribution in [2.75, 3.05) is 12.3 Å². The van der Waals surface area contributed by atoms with Crippen LogP contribution in [0.3, 0.4) is 0 Å². The minimum absolute atomic E-state index is 0.0642. The summed E-state index contributed by atoms with van der Waals surface area (Å²) in [7, 11) is 0. The third-order valence-electron chi connectivity index (χ3n) is 4.56. The van der Waals surface area contributed by atoms with E-state index in [-0.39, 0.29) is 29.9 Å². The highest BCUT2D eigenvalue weighted by molar-refractivity contribution is 7.99. The predicted molar refractivity (Wildman–Crippen MR) is 112 cm³/mol. The highest BCUT2D eigenvalue weighted by Gasteiger charge is 2.26. The van der Waals surface area contributed by atoms with E-state index in [1.54, 1.807) is 25.1 Å². The third-order valence-corrected chi connectivity index (χ3v) is 5.53. The van der Waals surface area contributed by atoms with Gasteiger partial charge in [-0.3, -0.25) is 9.59 Å². The van der Waals surface area contributed by atoms with Gasteiger partial charge in [-0.15, -0.1) is 11.8 Å². The van der Waals surface area contributed by atoms with Crippen molar-refractivity contribution >= 4 is 23.6 Å². The molecule has 0 saturated heterocycles. The van der Waals surface area contributed by atoms with Gasteiger partial charge in [-0.1, -0.05) is 42.5 Å². The highest BCUT2D eigenvalue weighted by atomic mass is 32.2. The molecule has 2 aromatic rings. The molecule has 150 valence electrons. The minimum Gasteiger partial charge on any atom is -0.355 e. The number of likely N-dealkylation sites (N-methyl/N-ethyl adjacent to an activating group) is 1. The van der Waals surface area contributed by atoms with Crippen molar-refractivity contribution in [3.05, 3.63) is 71.0 Å². The molecule has 0 bridgehead atoms. The van der Waals surface area contributed by atoms with Crippen molar-refractivity contribution in [3.63, 3.8) is 0 Å². The molecule has 28 heavy (non-hydrogen) atoms. The van der Waals surface area contributed by atoms with Gasteiger partial charge in [0.1, 0.15) is 11.9 Å². The van der Waals surface area contributed by atoms with Crippen LogP contribution >= 0.6 is 11.8 Å². The summed E-state index contributed by atoms with van der Waals surface area (Å²) in [5.41, 5.74) is 2.76. The number of carbonyl (C=O) groups excluding carboxylic acids is 2. The molecule has 0 fully saturated rings. The van der Waals surface area contributed by atoms with Crippen molar-refractivity contribution in [1.29, 1.82) is 0 Å². The van der Waals surface area contributed by atoms with E-state index < -0.39 is 6.04 Å². The van der Waals surface area contributed by atoms with Crippen molar-refractivity contribution in [1.82, 2.24) is 10.2 Å². The van der Waals surface area contributed by atoms with Crippen molar-refractivity contribution in [2.24, 2.45) is 0 Å². The topological polar surface area (TPSA) is 49.4 Å². The van der Waals surface area contributed by atoms with Gasteiger partial charge in [-0.2, -0.15) is 0 Å². The second-order valence-electron chi connectivity index (χ2n) is 6.60. The van der Waals surface area contributed by atoms with Crippen molar-refractivity contribution in [3.8, 4) is 0 Å². The van der Waals surface area contributed by atoms with E-state index in [0.717, 1.165) is 0 Å². The Kier molecular flexibility index (Phi) is 8.51. The zero-order valence-corrected chi connectivity index (χ0v) is 17.4. The first-order valence-corrected chi connectivity index (χ1v) is 10.5. The maximum atomic E-state index is 14.1. The molecular weight excluding hydrogens is 375 g/mol. The van der Waals surface area contributed by atoms with Crippen LogP contribution in [0.5, 0.6) is 0 Å². The summed E-state index contributed by atoms with van der Waals surface area (Å²) in [4.78, 5) is 26.6. The summed E-state index contributed by atoms with van der Waals surface area (Å²) in [6.07, 6.45) is 0. The molecule has 1 N–H and O–H groups in total. The number of benzene rings is 2. The second-order valence-corrected chi connectivity index (χ2v) is 7.59. The van der Waals surface area contributed by atoms with Gasteiger partial charge in [0.15, 0.2) is 0 Å². The summed E-state index contributed by atoms with van der Waals surface area (Å²) in [6, 6.07) is 13.7. The first kappa shape index (κ1) is 22.0.